The number of imidazole rings is 1. The quantitative estimate of drug-likeness (QED) is 0.187. The number of aryl methyl sites for hydroxylation is 2. The number of nitrogens with zero attached hydrogens (tertiary/aromatic N) is 6. The third-order valence-corrected chi connectivity index (χ3v) is 7.72. The second-order valence-electron chi connectivity index (χ2n) is 10.6. The zero-order valence-electron chi connectivity index (χ0n) is 24.7. The van der Waals surface area contributed by atoms with Crippen molar-refractivity contribution in [1.82, 2.24) is 44.6 Å². The fourth-order valence-electron chi connectivity index (χ4n) is 5.58. The van der Waals surface area contributed by atoms with Crippen molar-refractivity contribution < 1.29 is 19.1 Å². The van der Waals surface area contributed by atoms with E-state index in [-0.39, 0.29) is 37.4 Å². The Balaban J connectivity index is 1.20. The summed E-state index contributed by atoms with van der Waals surface area (Å²) in [7, 11) is 3.12. The van der Waals surface area contributed by atoms with Gasteiger partial charge in [0, 0.05) is 49.3 Å². The number of ether oxygens (including phenoxy) is 1. The first-order valence-electron chi connectivity index (χ1n) is 14.4. The van der Waals surface area contributed by atoms with Crippen LogP contribution in [-0.4, -0.2) is 71.4 Å². The number of rotatable bonds is 11. The normalized spacial score (nSPS) is 12.0. The van der Waals surface area contributed by atoms with Crippen molar-refractivity contribution in [2.75, 3.05) is 13.7 Å². The van der Waals surface area contributed by atoms with Gasteiger partial charge in [0.15, 0.2) is 11.3 Å². The van der Waals surface area contributed by atoms with E-state index in [9.17, 15) is 19.2 Å². The highest BCUT2D eigenvalue weighted by Crippen LogP contribution is 2.29. The monoisotopic (exact) mass is 609 g/mol. The molecule has 0 saturated carbocycles. The van der Waals surface area contributed by atoms with Crippen LogP contribution < -0.4 is 16.2 Å². The average molecular weight is 610 g/mol. The number of fused-ring (bicyclic) bond motifs is 5. The number of hydrogen-bond donors (Lipinski definition) is 3. The highest BCUT2D eigenvalue weighted by atomic mass is 16.5. The molecule has 14 heteroatoms. The van der Waals surface area contributed by atoms with Crippen LogP contribution in [0.2, 0.25) is 0 Å². The summed E-state index contributed by atoms with van der Waals surface area (Å²) >= 11 is 0. The predicted octanol–water partition coefficient (Wildman–Crippen LogP) is 1.72. The van der Waals surface area contributed by atoms with E-state index < -0.39 is 17.9 Å². The fraction of sp³-hybridized carbons (Fsp3) is 0.258. The van der Waals surface area contributed by atoms with Crippen molar-refractivity contribution >= 4 is 45.4 Å². The minimum Gasteiger partial charge on any atom is -0.467 e. The zero-order valence-corrected chi connectivity index (χ0v) is 24.7. The molecule has 0 aliphatic rings. The number of benzene rings is 2. The van der Waals surface area contributed by atoms with Crippen LogP contribution in [0.1, 0.15) is 18.5 Å². The van der Waals surface area contributed by atoms with Crippen molar-refractivity contribution in [3.8, 4) is 11.3 Å². The van der Waals surface area contributed by atoms with Gasteiger partial charge >= 0.3 is 5.97 Å². The third kappa shape index (κ3) is 5.64. The van der Waals surface area contributed by atoms with E-state index in [1.807, 2.05) is 66.2 Å². The molecule has 2 aromatic carbocycles. The predicted molar refractivity (Wildman–Crippen MR) is 165 cm³/mol. The number of hydrogen-bond acceptors (Lipinski definition) is 8. The van der Waals surface area contributed by atoms with E-state index in [1.54, 1.807) is 15.3 Å². The summed E-state index contributed by atoms with van der Waals surface area (Å²) in [6.45, 7) is -0.116. The average Bonchev–Trinajstić information content (AvgIpc) is 3.80. The van der Waals surface area contributed by atoms with Gasteiger partial charge in [-0.05, 0) is 12.5 Å². The second kappa shape index (κ2) is 12.4. The SMILES string of the molecule is COC(=O)C(Cc1cnc[nH]1)NC(=O)CNC(=O)CCCn1c(=O)c2c3ccccc3n(C)c2n2nnc(-c3ccccc3)c12. The van der Waals surface area contributed by atoms with Gasteiger partial charge in [-0.1, -0.05) is 53.7 Å². The molecule has 4 aromatic heterocycles. The van der Waals surface area contributed by atoms with Crippen molar-refractivity contribution in [3.05, 3.63) is 83.2 Å². The minimum atomic E-state index is -0.943. The number of H-pyrrole nitrogens is 1. The summed E-state index contributed by atoms with van der Waals surface area (Å²) in [5.41, 5.74) is 3.83. The molecule has 14 nitrogen and oxygen atoms in total. The molecule has 3 N–H and O–H groups in total. The maximum Gasteiger partial charge on any atom is 0.328 e. The van der Waals surface area contributed by atoms with Crippen molar-refractivity contribution in [2.45, 2.75) is 31.8 Å². The van der Waals surface area contributed by atoms with Gasteiger partial charge in [0.2, 0.25) is 11.8 Å². The number of carbonyl (C=O) groups is 3. The summed E-state index contributed by atoms with van der Waals surface area (Å²) < 4.78 is 10.0. The number of amides is 2. The van der Waals surface area contributed by atoms with E-state index in [4.69, 9.17) is 4.74 Å². The maximum absolute atomic E-state index is 14.1. The van der Waals surface area contributed by atoms with Gasteiger partial charge in [-0.25, -0.2) is 9.78 Å². The number of aromatic nitrogens is 7. The first kappa shape index (κ1) is 29.3. The lowest BCUT2D eigenvalue weighted by atomic mass is 10.1. The number of aromatic amines is 1. The van der Waals surface area contributed by atoms with Crippen molar-refractivity contribution in [3.63, 3.8) is 0 Å². The Kier molecular flexibility index (Phi) is 8.10. The number of methoxy groups -OCH3 is 1. The minimum absolute atomic E-state index is 0.0519. The molecule has 0 bridgehead atoms. The van der Waals surface area contributed by atoms with E-state index in [1.165, 1.54) is 13.4 Å². The van der Waals surface area contributed by atoms with Gasteiger partial charge in [-0.3, -0.25) is 19.0 Å². The Hall–Kier alpha value is -5.79. The Labute approximate surface area is 256 Å². The molecule has 0 saturated heterocycles. The topological polar surface area (TPSA) is 170 Å². The summed E-state index contributed by atoms with van der Waals surface area (Å²) in [5, 5.41) is 15.4. The Morgan fingerprint density at radius 1 is 1.02 bits per heavy atom. The van der Waals surface area contributed by atoms with Crippen molar-refractivity contribution in [1.29, 1.82) is 0 Å². The molecule has 1 atom stereocenters. The first-order chi connectivity index (χ1) is 21.9. The molecule has 6 aromatic rings. The molecule has 0 spiro atoms. The Morgan fingerprint density at radius 2 is 1.80 bits per heavy atom. The van der Waals surface area contributed by atoms with E-state index in [2.05, 4.69) is 30.9 Å². The van der Waals surface area contributed by atoms with Crippen LogP contribution in [0.3, 0.4) is 0 Å². The van der Waals surface area contributed by atoms with Crippen LogP contribution in [0, 0.1) is 0 Å². The van der Waals surface area contributed by atoms with Gasteiger partial charge < -0.3 is 24.9 Å². The smallest absolute Gasteiger partial charge is 0.328 e. The van der Waals surface area contributed by atoms with Gasteiger partial charge in [-0.15, -0.1) is 5.10 Å². The molecule has 45 heavy (non-hydrogen) atoms. The van der Waals surface area contributed by atoms with Crippen LogP contribution in [-0.2, 0) is 39.1 Å². The molecule has 0 radical (unpaired) electrons. The molecule has 2 amide bonds. The fourth-order valence-corrected chi connectivity index (χ4v) is 5.58. The van der Waals surface area contributed by atoms with Crippen LogP contribution in [0.4, 0.5) is 0 Å². The van der Waals surface area contributed by atoms with Crippen LogP contribution in [0.15, 0.2) is 71.9 Å². The summed E-state index contributed by atoms with van der Waals surface area (Å²) in [4.78, 5) is 58.3. The van der Waals surface area contributed by atoms with Crippen LogP contribution in [0.25, 0.3) is 38.8 Å². The van der Waals surface area contributed by atoms with Gasteiger partial charge in [-0.2, -0.15) is 4.52 Å². The largest absolute Gasteiger partial charge is 0.467 e. The summed E-state index contributed by atoms with van der Waals surface area (Å²) in [6.07, 6.45) is 3.53. The molecule has 230 valence electrons. The third-order valence-electron chi connectivity index (χ3n) is 7.72. The van der Waals surface area contributed by atoms with Gasteiger partial charge in [0.05, 0.1) is 30.9 Å². The number of nitrogens with one attached hydrogen (secondary N) is 3. The lowest BCUT2D eigenvalue weighted by Crippen LogP contribution is -2.47. The molecular weight excluding hydrogens is 578 g/mol. The highest BCUT2D eigenvalue weighted by Gasteiger charge is 2.24. The second-order valence-corrected chi connectivity index (χ2v) is 10.6. The number of para-hydroxylation sites is 1. The zero-order chi connectivity index (χ0) is 31.5. The van der Waals surface area contributed by atoms with Crippen molar-refractivity contribution in [2.24, 2.45) is 7.05 Å². The number of esters is 1. The molecule has 0 fully saturated rings. The molecule has 0 aliphatic carbocycles. The molecule has 1 unspecified atom stereocenters. The molecular formula is C31H31N9O5. The van der Waals surface area contributed by atoms with Crippen LogP contribution >= 0.6 is 0 Å². The van der Waals surface area contributed by atoms with E-state index in [0.717, 1.165) is 16.5 Å². The maximum atomic E-state index is 14.1. The van der Waals surface area contributed by atoms with Gasteiger partial charge in [0.1, 0.15) is 11.7 Å². The standard InChI is InChI=1S/C31H31N9O5/c1-38-23-12-7-6-11-21(23)26-28(38)40-29(27(36-37-40)19-9-4-3-5-10-19)39(30(26)43)14-8-13-24(41)33-17-25(42)35-22(31(44)45-2)15-20-16-32-18-34-20/h3-7,9-12,16,18,22H,8,13-15,17H2,1-2H3,(H,32,34)(H,33,41)(H,35,42). The van der Waals surface area contributed by atoms with Crippen LogP contribution in [0.5, 0.6) is 0 Å². The molecule has 6 rings (SSSR count). The molecule has 0 aliphatic heterocycles. The molecule has 4 heterocycles. The lowest BCUT2D eigenvalue weighted by Gasteiger charge is -2.16. The Bertz CT molecular complexity index is 2080. The summed E-state index contributed by atoms with van der Waals surface area (Å²) in [6, 6.07) is 16.2. The number of carbonyl (C=O) groups excluding carboxylic acids is 3. The summed E-state index contributed by atoms with van der Waals surface area (Å²) in [5.74, 6) is -1.54. The first-order valence-corrected chi connectivity index (χ1v) is 14.4. The lowest BCUT2D eigenvalue weighted by molar-refractivity contribution is -0.145. The Morgan fingerprint density at radius 3 is 2.56 bits per heavy atom. The van der Waals surface area contributed by atoms with E-state index in [0.29, 0.717) is 34.5 Å². The van der Waals surface area contributed by atoms with Gasteiger partial charge in [0.25, 0.3) is 5.56 Å². The highest BCUT2D eigenvalue weighted by molar-refractivity contribution is 6.07. The van der Waals surface area contributed by atoms with E-state index >= 15 is 0 Å².